The first-order valence-electron chi connectivity index (χ1n) is 10.6. The summed E-state index contributed by atoms with van der Waals surface area (Å²) in [5.41, 5.74) is 12.0. The van der Waals surface area contributed by atoms with Crippen LogP contribution in [0, 0.1) is 0 Å². The van der Waals surface area contributed by atoms with Crippen molar-refractivity contribution in [2.75, 3.05) is 0 Å². The summed E-state index contributed by atoms with van der Waals surface area (Å²) in [7, 11) is 0. The van der Waals surface area contributed by atoms with Gasteiger partial charge >= 0.3 is 0 Å². The molecule has 0 aliphatic carbocycles. The fourth-order valence-electron chi connectivity index (χ4n) is 3.58. The molecule has 0 aliphatic rings. The zero-order chi connectivity index (χ0) is 21.8. The minimum Gasteiger partial charge on any atom is -0.326 e. The molecule has 5 rings (SSSR count). The van der Waals surface area contributed by atoms with Crippen molar-refractivity contribution in [3.05, 3.63) is 115 Å². The Morgan fingerprint density at radius 1 is 0.406 bits per heavy atom. The second kappa shape index (κ2) is 8.92. The van der Waals surface area contributed by atoms with Gasteiger partial charge in [0.1, 0.15) is 0 Å². The maximum Gasteiger partial charge on any atom is 0.164 e. The molecule has 2 N–H and O–H groups in total. The van der Waals surface area contributed by atoms with Crippen molar-refractivity contribution in [2.24, 2.45) is 5.73 Å². The highest BCUT2D eigenvalue weighted by molar-refractivity contribution is 5.70. The van der Waals surface area contributed by atoms with Crippen molar-refractivity contribution in [2.45, 2.75) is 6.54 Å². The van der Waals surface area contributed by atoms with Crippen molar-refractivity contribution in [1.82, 2.24) is 15.0 Å². The van der Waals surface area contributed by atoms with Crippen LogP contribution in [-0.4, -0.2) is 15.0 Å². The van der Waals surface area contributed by atoms with Gasteiger partial charge in [0, 0.05) is 23.2 Å². The predicted octanol–water partition coefficient (Wildman–Crippen LogP) is 6.00. The van der Waals surface area contributed by atoms with E-state index in [9.17, 15) is 0 Å². The van der Waals surface area contributed by atoms with E-state index in [-0.39, 0.29) is 0 Å². The summed E-state index contributed by atoms with van der Waals surface area (Å²) in [6.45, 7) is 0.506. The number of benzene rings is 4. The first kappa shape index (κ1) is 19.8. The molecule has 0 atom stereocenters. The Kier molecular flexibility index (Phi) is 5.52. The highest BCUT2D eigenvalue weighted by atomic mass is 15.0. The number of hydrogen-bond acceptors (Lipinski definition) is 4. The highest BCUT2D eigenvalue weighted by Gasteiger charge is 2.12. The summed E-state index contributed by atoms with van der Waals surface area (Å²) in [4.78, 5) is 14.4. The van der Waals surface area contributed by atoms with Gasteiger partial charge in [0.2, 0.25) is 0 Å². The third-order valence-electron chi connectivity index (χ3n) is 5.37. The molecule has 0 saturated heterocycles. The van der Waals surface area contributed by atoms with Gasteiger partial charge in [-0.1, -0.05) is 109 Å². The van der Waals surface area contributed by atoms with Crippen LogP contribution in [0.1, 0.15) is 5.56 Å². The van der Waals surface area contributed by atoms with E-state index >= 15 is 0 Å². The van der Waals surface area contributed by atoms with Gasteiger partial charge in [0.25, 0.3) is 0 Å². The number of nitrogens with zero attached hydrogens (tertiary/aromatic N) is 3. The lowest BCUT2D eigenvalue weighted by molar-refractivity contribution is 1.06. The molecule has 0 aliphatic heterocycles. The molecule has 1 aromatic heterocycles. The van der Waals surface area contributed by atoms with E-state index in [0.717, 1.165) is 27.8 Å². The topological polar surface area (TPSA) is 64.7 Å². The molecule has 4 heteroatoms. The summed E-state index contributed by atoms with van der Waals surface area (Å²) < 4.78 is 0. The number of aromatic nitrogens is 3. The van der Waals surface area contributed by atoms with E-state index in [1.54, 1.807) is 0 Å². The molecule has 32 heavy (non-hydrogen) atoms. The van der Waals surface area contributed by atoms with Crippen molar-refractivity contribution >= 4 is 0 Å². The van der Waals surface area contributed by atoms with E-state index in [1.807, 2.05) is 72.8 Å². The minimum absolute atomic E-state index is 0.506. The molecule has 154 valence electrons. The van der Waals surface area contributed by atoms with Crippen LogP contribution in [0.3, 0.4) is 0 Å². The van der Waals surface area contributed by atoms with Crippen LogP contribution in [0.5, 0.6) is 0 Å². The highest BCUT2D eigenvalue weighted by Crippen LogP contribution is 2.27. The van der Waals surface area contributed by atoms with Gasteiger partial charge in [0.15, 0.2) is 17.5 Å². The van der Waals surface area contributed by atoms with Gasteiger partial charge in [0.05, 0.1) is 0 Å². The lowest BCUT2D eigenvalue weighted by atomic mass is 10.0. The van der Waals surface area contributed by atoms with Gasteiger partial charge in [-0.25, -0.2) is 15.0 Å². The zero-order valence-corrected chi connectivity index (χ0v) is 17.5. The molecule has 0 spiro atoms. The normalized spacial score (nSPS) is 10.8. The SMILES string of the molecule is NCc1ccc(-c2nc(-c3ccccc3)nc(-c3ccc(-c4ccccc4)cc3)n2)cc1. The smallest absolute Gasteiger partial charge is 0.164 e. The monoisotopic (exact) mass is 414 g/mol. The van der Waals surface area contributed by atoms with Gasteiger partial charge < -0.3 is 5.73 Å². The van der Waals surface area contributed by atoms with Crippen LogP contribution in [-0.2, 0) is 6.54 Å². The molecule has 0 fully saturated rings. The fourth-order valence-corrected chi connectivity index (χ4v) is 3.58. The first-order chi connectivity index (χ1) is 15.8. The van der Waals surface area contributed by atoms with Crippen molar-refractivity contribution in [3.63, 3.8) is 0 Å². The predicted molar refractivity (Wildman–Crippen MR) is 129 cm³/mol. The third kappa shape index (κ3) is 4.17. The van der Waals surface area contributed by atoms with E-state index < -0.39 is 0 Å². The van der Waals surface area contributed by atoms with Gasteiger partial charge in [-0.05, 0) is 16.7 Å². The Labute approximate surface area is 187 Å². The molecule has 4 aromatic carbocycles. The number of hydrogen-bond donors (Lipinski definition) is 1. The minimum atomic E-state index is 0.506. The number of rotatable bonds is 5. The average Bonchev–Trinajstić information content (AvgIpc) is 2.89. The lowest BCUT2D eigenvalue weighted by Crippen LogP contribution is -2.01. The van der Waals surface area contributed by atoms with E-state index in [0.29, 0.717) is 24.0 Å². The Hall–Kier alpha value is -4.15. The third-order valence-corrected chi connectivity index (χ3v) is 5.37. The van der Waals surface area contributed by atoms with Crippen LogP contribution >= 0.6 is 0 Å². The van der Waals surface area contributed by atoms with Crippen LogP contribution in [0.2, 0.25) is 0 Å². The summed E-state index contributed by atoms with van der Waals surface area (Å²) in [6.07, 6.45) is 0. The molecular formula is C28H22N4. The zero-order valence-electron chi connectivity index (χ0n) is 17.5. The molecule has 1 heterocycles. The van der Waals surface area contributed by atoms with Crippen LogP contribution in [0.15, 0.2) is 109 Å². The second-order valence-corrected chi connectivity index (χ2v) is 7.52. The van der Waals surface area contributed by atoms with Crippen molar-refractivity contribution in [3.8, 4) is 45.3 Å². The van der Waals surface area contributed by atoms with Gasteiger partial charge in [-0.2, -0.15) is 0 Å². The molecule has 0 amide bonds. The molecule has 4 nitrogen and oxygen atoms in total. The molecule has 5 aromatic rings. The largest absolute Gasteiger partial charge is 0.326 e. The van der Waals surface area contributed by atoms with E-state index in [1.165, 1.54) is 5.56 Å². The molecule has 0 saturated carbocycles. The van der Waals surface area contributed by atoms with Crippen molar-refractivity contribution < 1.29 is 0 Å². The maximum atomic E-state index is 5.75. The summed E-state index contributed by atoms with van der Waals surface area (Å²) in [5.74, 6) is 1.95. The fraction of sp³-hybridized carbons (Fsp3) is 0.0357. The Bertz CT molecular complexity index is 1310. The van der Waals surface area contributed by atoms with E-state index in [2.05, 4.69) is 36.4 Å². The average molecular weight is 415 g/mol. The van der Waals surface area contributed by atoms with E-state index in [4.69, 9.17) is 20.7 Å². The Balaban J connectivity index is 1.59. The summed E-state index contributed by atoms with van der Waals surface area (Å²) in [5, 5.41) is 0. The van der Waals surface area contributed by atoms with Crippen LogP contribution in [0.4, 0.5) is 0 Å². The summed E-state index contributed by atoms with van der Waals surface area (Å²) >= 11 is 0. The molecule has 0 bridgehead atoms. The molecular weight excluding hydrogens is 392 g/mol. The number of nitrogens with two attached hydrogens (primary N) is 1. The maximum absolute atomic E-state index is 5.75. The second-order valence-electron chi connectivity index (χ2n) is 7.52. The first-order valence-corrected chi connectivity index (χ1v) is 10.6. The van der Waals surface area contributed by atoms with Crippen LogP contribution < -0.4 is 5.73 Å². The standard InChI is InChI=1S/C28H22N4/c29-19-20-11-13-24(14-12-20)27-30-26(23-9-5-2-6-10-23)31-28(32-27)25-17-15-22(16-18-25)21-7-3-1-4-8-21/h1-18H,19,29H2. The molecule has 0 unspecified atom stereocenters. The quantitative estimate of drug-likeness (QED) is 0.383. The van der Waals surface area contributed by atoms with Crippen molar-refractivity contribution in [1.29, 1.82) is 0 Å². The van der Waals surface area contributed by atoms with Gasteiger partial charge in [-0.3, -0.25) is 0 Å². The summed E-state index contributed by atoms with van der Waals surface area (Å²) in [6, 6.07) is 36.7. The van der Waals surface area contributed by atoms with Crippen LogP contribution in [0.25, 0.3) is 45.3 Å². The van der Waals surface area contributed by atoms with Gasteiger partial charge in [-0.15, -0.1) is 0 Å². The Morgan fingerprint density at radius 2 is 0.750 bits per heavy atom. The molecule has 0 radical (unpaired) electrons. The Morgan fingerprint density at radius 3 is 1.22 bits per heavy atom. The lowest BCUT2D eigenvalue weighted by Gasteiger charge is -2.09.